The van der Waals surface area contributed by atoms with Gasteiger partial charge in [-0.15, -0.1) is 0 Å². The van der Waals surface area contributed by atoms with Crippen LogP contribution >= 0.6 is 11.6 Å². The zero-order chi connectivity index (χ0) is 26.2. The monoisotopic (exact) mass is 518 g/mol. The minimum absolute atomic E-state index is 0.0348. The highest BCUT2D eigenvalue weighted by atomic mass is 35.5. The van der Waals surface area contributed by atoms with Gasteiger partial charge in [0, 0.05) is 49.5 Å². The summed E-state index contributed by atoms with van der Waals surface area (Å²) in [5.41, 5.74) is 0.945. The van der Waals surface area contributed by atoms with E-state index in [4.69, 9.17) is 11.6 Å². The van der Waals surface area contributed by atoms with E-state index in [0.29, 0.717) is 37.5 Å². The quantitative estimate of drug-likeness (QED) is 0.512. The van der Waals surface area contributed by atoms with E-state index in [9.17, 15) is 14.4 Å². The maximum Gasteiger partial charge on any atom is 0.245 e. The molecule has 1 saturated heterocycles. The molecule has 2 fully saturated rings. The van der Waals surface area contributed by atoms with Gasteiger partial charge in [-0.25, -0.2) is 0 Å². The summed E-state index contributed by atoms with van der Waals surface area (Å²) in [5.74, 6) is -0.0851. The lowest BCUT2D eigenvalue weighted by molar-refractivity contribution is -0.141. The van der Waals surface area contributed by atoms with E-state index < -0.39 is 6.04 Å². The molecule has 2 unspecified atom stereocenters. The number of hydrogen-bond acceptors (Lipinski definition) is 4. The second-order valence-corrected chi connectivity index (χ2v) is 11.4. The average Bonchev–Trinajstić information content (AvgIpc) is 3.33. The van der Waals surface area contributed by atoms with Crippen molar-refractivity contribution in [1.82, 2.24) is 20.0 Å². The highest BCUT2D eigenvalue weighted by molar-refractivity contribution is 6.30. The second kappa shape index (κ2) is 13.4. The minimum Gasteiger partial charge on any atom is -0.344 e. The number of nitrogens with one attached hydrogen (secondary N) is 1. The smallest absolute Gasteiger partial charge is 0.245 e. The molecule has 1 saturated carbocycles. The predicted molar refractivity (Wildman–Crippen MR) is 144 cm³/mol. The first kappa shape index (κ1) is 28.5. The topological polar surface area (TPSA) is 73.0 Å². The number of amides is 3. The van der Waals surface area contributed by atoms with Crippen LogP contribution in [-0.2, 0) is 20.8 Å². The first-order chi connectivity index (χ1) is 17.2. The lowest BCUT2D eigenvalue weighted by Gasteiger charge is -2.39. The Morgan fingerprint density at radius 1 is 1.03 bits per heavy atom. The van der Waals surface area contributed by atoms with E-state index in [1.807, 2.05) is 49.9 Å². The number of rotatable bonds is 10. The van der Waals surface area contributed by atoms with E-state index in [2.05, 4.69) is 10.2 Å². The summed E-state index contributed by atoms with van der Waals surface area (Å²) < 4.78 is 0. The van der Waals surface area contributed by atoms with Gasteiger partial charge in [-0.1, -0.05) is 56.8 Å². The zero-order valence-electron chi connectivity index (χ0n) is 22.3. The molecule has 1 aliphatic carbocycles. The van der Waals surface area contributed by atoms with Crippen LogP contribution in [0.15, 0.2) is 24.3 Å². The van der Waals surface area contributed by atoms with E-state index >= 15 is 0 Å². The van der Waals surface area contributed by atoms with Crippen molar-refractivity contribution in [1.29, 1.82) is 0 Å². The largest absolute Gasteiger partial charge is 0.344 e. The molecule has 3 rings (SSSR count). The molecule has 1 heterocycles. The van der Waals surface area contributed by atoms with Crippen molar-refractivity contribution in [2.24, 2.45) is 5.92 Å². The van der Waals surface area contributed by atoms with Crippen molar-refractivity contribution in [3.63, 3.8) is 0 Å². The van der Waals surface area contributed by atoms with Crippen molar-refractivity contribution in [3.05, 3.63) is 34.9 Å². The van der Waals surface area contributed by atoms with Crippen LogP contribution < -0.4 is 5.32 Å². The minimum atomic E-state index is -0.650. The molecule has 200 valence electrons. The Bertz CT molecular complexity index is 883. The van der Waals surface area contributed by atoms with Crippen LogP contribution in [0.25, 0.3) is 0 Å². The van der Waals surface area contributed by atoms with Crippen LogP contribution in [-0.4, -0.2) is 84.3 Å². The molecule has 2 atom stereocenters. The first-order valence-corrected chi connectivity index (χ1v) is 13.8. The number of carbonyl (C=O) groups is 3. The number of nitrogens with zero attached hydrogens (tertiary/aromatic N) is 3. The Balaban J connectivity index is 1.73. The van der Waals surface area contributed by atoms with Crippen LogP contribution in [0.4, 0.5) is 0 Å². The van der Waals surface area contributed by atoms with Gasteiger partial charge in [0.25, 0.3) is 0 Å². The Morgan fingerprint density at radius 2 is 1.69 bits per heavy atom. The third-order valence-electron chi connectivity index (χ3n) is 7.36. The van der Waals surface area contributed by atoms with Gasteiger partial charge in [-0.2, -0.15) is 0 Å². The molecular formula is C28H43ClN4O3. The molecule has 0 bridgehead atoms. The second-order valence-electron chi connectivity index (χ2n) is 10.9. The number of benzene rings is 1. The summed E-state index contributed by atoms with van der Waals surface area (Å²) in [6, 6.07) is 7.05. The molecule has 0 spiro atoms. The molecule has 0 radical (unpaired) electrons. The molecule has 1 aromatic carbocycles. The van der Waals surface area contributed by atoms with Crippen molar-refractivity contribution < 1.29 is 14.4 Å². The molecule has 1 aromatic rings. The van der Waals surface area contributed by atoms with Gasteiger partial charge in [0.05, 0.1) is 6.04 Å². The summed E-state index contributed by atoms with van der Waals surface area (Å²) in [6.45, 7) is 5.66. The molecule has 7 nitrogen and oxygen atoms in total. The summed E-state index contributed by atoms with van der Waals surface area (Å²) in [4.78, 5) is 45.5. The molecule has 1 N–H and O–H groups in total. The van der Waals surface area contributed by atoms with Gasteiger partial charge in [0.15, 0.2) is 0 Å². The Morgan fingerprint density at radius 3 is 2.31 bits per heavy atom. The predicted octanol–water partition coefficient (Wildman–Crippen LogP) is 3.74. The summed E-state index contributed by atoms with van der Waals surface area (Å²) in [7, 11) is 3.84. The van der Waals surface area contributed by atoms with Crippen molar-refractivity contribution in [2.75, 3.05) is 33.7 Å². The normalized spacial score (nSPS) is 19.5. The van der Waals surface area contributed by atoms with Crippen molar-refractivity contribution in [2.45, 2.75) is 83.3 Å². The Kier molecular flexibility index (Phi) is 10.6. The van der Waals surface area contributed by atoms with Gasteiger partial charge in [-0.3, -0.25) is 14.4 Å². The number of carbonyl (C=O) groups excluding carboxylic acids is 3. The fraction of sp³-hybridized carbons (Fsp3) is 0.679. The average molecular weight is 519 g/mol. The maximum absolute atomic E-state index is 13.7. The van der Waals surface area contributed by atoms with Gasteiger partial charge < -0.3 is 20.0 Å². The lowest BCUT2D eigenvalue weighted by atomic mass is 9.92. The van der Waals surface area contributed by atoms with Gasteiger partial charge in [0.2, 0.25) is 17.7 Å². The van der Waals surface area contributed by atoms with Crippen LogP contribution in [0.2, 0.25) is 5.02 Å². The first-order valence-electron chi connectivity index (χ1n) is 13.4. The van der Waals surface area contributed by atoms with Crippen molar-refractivity contribution in [3.8, 4) is 0 Å². The Labute approximate surface area is 221 Å². The summed E-state index contributed by atoms with van der Waals surface area (Å²) in [5, 5.41) is 3.63. The number of hydrogen-bond donors (Lipinski definition) is 1. The molecule has 36 heavy (non-hydrogen) atoms. The van der Waals surface area contributed by atoms with Gasteiger partial charge in [-0.05, 0) is 51.1 Å². The molecular weight excluding hydrogens is 476 g/mol. The standard InChI is InChI=1S/C28H43ClN4O3/c1-20(2)27(35)33(23-8-6-5-7-9-23)24-14-17-32(19-24)28(36)25(30-26(34)15-16-31(3)4)18-21-10-12-22(29)13-11-21/h10-13,20,23-25H,5-9,14-19H2,1-4H3,(H,30,34). The molecule has 0 aromatic heterocycles. The number of halogens is 1. The van der Waals surface area contributed by atoms with E-state index in [-0.39, 0.29) is 35.7 Å². The summed E-state index contributed by atoms with van der Waals surface area (Å²) in [6.07, 6.45) is 7.15. The van der Waals surface area contributed by atoms with Crippen molar-refractivity contribution >= 4 is 29.3 Å². The Hall–Kier alpha value is -2.12. The molecule has 2 aliphatic rings. The van der Waals surface area contributed by atoms with Crippen LogP contribution in [0, 0.1) is 5.92 Å². The fourth-order valence-electron chi connectivity index (χ4n) is 5.35. The molecule has 1 aliphatic heterocycles. The van der Waals surface area contributed by atoms with E-state index in [1.165, 1.54) is 6.42 Å². The number of likely N-dealkylation sites (tertiary alicyclic amines) is 1. The highest BCUT2D eigenvalue weighted by Gasteiger charge is 2.39. The van der Waals surface area contributed by atoms with Crippen LogP contribution in [0.3, 0.4) is 0 Å². The highest BCUT2D eigenvalue weighted by Crippen LogP contribution is 2.29. The maximum atomic E-state index is 13.7. The van der Waals surface area contributed by atoms with Gasteiger partial charge >= 0.3 is 0 Å². The fourth-order valence-corrected chi connectivity index (χ4v) is 5.48. The summed E-state index contributed by atoms with van der Waals surface area (Å²) >= 11 is 6.05. The van der Waals surface area contributed by atoms with Crippen LogP contribution in [0.1, 0.15) is 64.4 Å². The van der Waals surface area contributed by atoms with Crippen LogP contribution in [0.5, 0.6) is 0 Å². The SMILES string of the molecule is CC(C)C(=O)N(C1CCCCC1)C1CCN(C(=O)C(Cc2ccc(Cl)cc2)NC(=O)CCN(C)C)C1. The third-order valence-corrected chi connectivity index (χ3v) is 7.61. The molecule has 8 heteroatoms. The van der Waals surface area contributed by atoms with Gasteiger partial charge in [0.1, 0.15) is 6.04 Å². The third kappa shape index (κ3) is 7.94. The van der Waals surface area contributed by atoms with E-state index in [1.54, 1.807) is 12.1 Å². The molecule has 3 amide bonds. The zero-order valence-corrected chi connectivity index (χ0v) is 23.1. The van der Waals surface area contributed by atoms with E-state index in [0.717, 1.165) is 37.7 Å². The lowest BCUT2D eigenvalue weighted by Crippen LogP contribution is -2.53.